The molecular formula is C23H27FN6O. The summed E-state index contributed by atoms with van der Waals surface area (Å²) in [6.45, 7) is 6.57. The molecule has 2 aliphatic heterocycles. The first-order valence-electron chi connectivity index (χ1n) is 10.9. The number of benzene rings is 1. The van der Waals surface area contributed by atoms with Gasteiger partial charge in [0.05, 0.1) is 12.2 Å². The Morgan fingerprint density at radius 1 is 1.23 bits per heavy atom. The number of amides is 2. The van der Waals surface area contributed by atoms with E-state index in [4.69, 9.17) is 4.98 Å². The lowest BCUT2D eigenvalue weighted by Crippen LogP contribution is -2.32. The highest BCUT2D eigenvalue weighted by Gasteiger charge is 2.29. The molecule has 0 unspecified atom stereocenters. The van der Waals surface area contributed by atoms with Gasteiger partial charge in [0.2, 0.25) is 0 Å². The summed E-state index contributed by atoms with van der Waals surface area (Å²) in [6.07, 6.45) is 6.50. The Kier molecular flexibility index (Phi) is 5.00. The second-order valence-electron chi connectivity index (χ2n) is 8.73. The van der Waals surface area contributed by atoms with Gasteiger partial charge in [-0.15, -0.1) is 0 Å². The number of aromatic nitrogens is 3. The highest BCUT2D eigenvalue weighted by Crippen LogP contribution is 2.37. The highest BCUT2D eigenvalue weighted by atomic mass is 19.1. The molecule has 0 spiro atoms. The molecule has 162 valence electrons. The predicted molar refractivity (Wildman–Crippen MR) is 118 cm³/mol. The Morgan fingerprint density at radius 2 is 2.10 bits per heavy atom. The zero-order valence-corrected chi connectivity index (χ0v) is 17.9. The molecule has 31 heavy (non-hydrogen) atoms. The monoisotopic (exact) mass is 422 g/mol. The fraction of sp³-hybridized carbons (Fsp3) is 0.435. The van der Waals surface area contributed by atoms with Crippen molar-refractivity contribution in [3.8, 4) is 0 Å². The first-order valence-corrected chi connectivity index (χ1v) is 10.9. The van der Waals surface area contributed by atoms with Crippen LogP contribution >= 0.6 is 0 Å². The number of rotatable bonds is 3. The van der Waals surface area contributed by atoms with Crippen LogP contribution in [0.2, 0.25) is 0 Å². The summed E-state index contributed by atoms with van der Waals surface area (Å²) in [4.78, 5) is 21.6. The molecule has 2 aliphatic rings. The largest absolute Gasteiger partial charge is 0.349 e. The van der Waals surface area contributed by atoms with Gasteiger partial charge in [0.1, 0.15) is 17.3 Å². The lowest BCUT2D eigenvalue weighted by molar-refractivity contribution is 0.221. The molecule has 0 saturated carbocycles. The highest BCUT2D eigenvalue weighted by molar-refractivity contribution is 5.93. The second kappa shape index (κ2) is 7.83. The van der Waals surface area contributed by atoms with Crippen LogP contribution in [0.4, 0.5) is 20.7 Å². The minimum absolute atomic E-state index is 0.0812. The van der Waals surface area contributed by atoms with Gasteiger partial charge in [-0.3, -0.25) is 0 Å². The van der Waals surface area contributed by atoms with E-state index in [0.717, 1.165) is 55.8 Å². The summed E-state index contributed by atoms with van der Waals surface area (Å²) in [7, 11) is 0. The third-order valence-electron chi connectivity index (χ3n) is 6.45. The smallest absolute Gasteiger partial charge is 0.321 e. The lowest BCUT2D eigenvalue weighted by atomic mass is 9.99. The van der Waals surface area contributed by atoms with Gasteiger partial charge in [0.15, 0.2) is 5.65 Å². The fourth-order valence-electron chi connectivity index (χ4n) is 4.76. The van der Waals surface area contributed by atoms with Crippen LogP contribution in [0.5, 0.6) is 0 Å². The number of halogens is 1. The lowest BCUT2D eigenvalue weighted by Gasteiger charge is -2.27. The molecule has 3 aromatic rings. The number of carbonyl (C=O) groups excluding carboxylic acids is 1. The van der Waals surface area contributed by atoms with Crippen LogP contribution in [0.3, 0.4) is 0 Å². The Morgan fingerprint density at radius 3 is 2.90 bits per heavy atom. The summed E-state index contributed by atoms with van der Waals surface area (Å²) >= 11 is 0. The van der Waals surface area contributed by atoms with E-state index in [1.165, 1.54) is 6.07 Å². The molecule has 2 saturated heterocycles. The Hall–Kier alpha value is -3.16. The third kappa shape index (κ3) is 3.71. The van der Waals surface area contributed by atoms with Crippen molar-refractivity contribution in [3.05, 3.63) is 53.6 Å². The summed E-state index contributed by atoms with van der Waals surface area (Å²) in [5.74, 6) is 1.12. The fourth-order valence-corrected chi connectivity index (χ4v) is 4.76. The van der Waals surface area contributed by atoms with Gasteiger partial charge in [0.25, 0.3) is 0 Å². The summed E-state index contributed by atoms with van der Waals surface area (Å²) in [5.41, 5.74) is 3.30. The normalized spacial score (nSPS) is 21.3. The maximum absolute atomic E-state index is 13.9. The second-order valence-corrected chi connectivity index (χ2v) is 8.73. The molecule has 2 aromatic heterocycles. The SMILES string of the molecule is Cc1ccc(F)cc1[C@H]1CCCN1c1ccn2ncc(NC(=O)N3CC[C@H](C)C3)c2n1. The van der Waals surface area contributed by atoms with Gasteiger partial charge in [0, 0.05) is 25.8 Å². The summed E-state index contributed by atoms with van der Waals surface area (Å²) in [6, 6.07) is 6.88. The number of hydrogen-bond donors (Lipinski definition) is 1. The maximum atomic E-state index is 13.9. The van der Waals surface area contributed by atoms with Crippen molar-refractivity contribution in [1.29, 1.82) is 0 Å². The van der Waals surface area contributed by atoms with Crippen molar-refractivity contribution in [2.45, 2.75) is 39.2 Å². The van der Waals surface area contributed by atoms with Crippen molar-refractivity contribution in [1.82, 2.24) is 19.5 Å². The van der Waals surface area contributed by atoms with Crippen molar-refractivity contribution in [3.63, 3.8) is 0 Å². The van der Waals surface area contributed by atoms with E-state index in [1.54, 1.807) is 16.8 Å². The number of nitrogens with zero attached hydrogens (tertiary/aromatic N) is 5. The zero-order chi connectivity index (χ0) is 21.5. The van der Waals surface area contributed by atoms with E-state index in [9.17, 15) is 9.18 Å². The molecule has 0 bridgehead atoms. The number of nitrogens with one attached hydrogen (secondary N) is 1. The van der Waals surface area contributed by atoms with Crippen LogP contribution in [0.25, 0.3) is 5.65 Å². The molecule has 8 heteroatoms. The van der Waals surface area contributed by atoms with Crippen LogP contribution < -0.4 is 10.2 Å². The first kappa shape index (κ1) is 19.8. The van der Waals surface area contributed by atoms with Gasteiger partial charge in [-0.25, -0.2) is 18.7 Å². The minimum Gasteiger partial charge on any atom is -0.349 e. The van der Waals surface area contributed by atoms with E-state index in [2.05, 4.69) is 22.2 Å². The number of likely N-dealkylation sites (tertiary alicyclic amines) is 1. The Balaban J connectivity index is 1.43. The van der Waals surface area contributed by atoms with Crippen LogP contribution in [-0.2, 0) is 0 Å². The zero-order valence-electron chi connectivity index (χ0n) is 17.9. The van der Waals surface area contributed by atoms with E-state index in [0.29, 0.717) is 17.3 Å². The number of anilines is 2. The molecule has 0 radical (unpaired) electrons. The van der Waals surface area contributed by atoms with Gasteiger partial charge >= 0.3 is 6.03 Å². The molecule has 2 amide bonds. The van der Waals surface area contributed by atoms with Crippen LogP contribution in [0, 0.1) is 18.7 Å². The molecule has 7 nitrogen and oxygen atoms in total. The van der Waals surface area contributed by atoms with E-state index >= 15 is 0 Å². The molecule has 2 fully saturated rings. The number of urea groups is 1. The maximum Gasteiger partial charge on any atom is 0.321 e. The molecule has 4 heterocycles. The number of aryl methyl sites for hydroxylation is 1. The van der Waals surface area contributed by atoms with Crippen LogP contribution in [0.1, 0.15) is 43.4 Å². The quantitative estimate of drug-likeness (QED) is 0.680. The molecule has 1 N–H and O–H groups in total. The predicted octanol–water partition coefficient (Wildman–Crippen LogP) is 4.39. The number of hydrogen-bond acceptors (Lipinski definition) is 4. The van der Waals surface area contributed by atoms with E-state index < -0.39 is 0 Å². The van der Waals surface area contributed by atoms with Gasteiger partial charge < -0.3 is 15.1 Å². The molecule has 1 aromatic carbocycles. The van der Waals surface area contributed by atoms with Crippen molar-refractivity contribution >= 4 is 23.2 Å². The van der Waals surface area contributed by atoms with Crippen molar-refractivity contribution in [2.75, 3.05) is 29.9 Å². The molecular weight excluding hydrogens is 395 g/mol. The molecule has 5 rings (SSSR count). The third-order valence-corrected chi connectivity index (χ3v) is 6.45. The van der Waals surface area contributed by atoms with Crippen molar-refractivity contribution < 1.29 is 9.18 Å². The summed E-state index contributed by atoms with van der Waals surface area (Å²) in [5, 5.41) is 7.31. The number of carbonyl (C=O) groups is 1. The topological polar surface area (TPSA) is 65.8 Å². The van der Waals surface area contributed by atoms with Crippen LogP contribution in [-0.4, -0.2) is 45.2 Å². The average Bonchev–Trinajstić information content (AvgIpc) is 3.49. The molecule has 0 aliphatic carbocycles. The van der Waals surface area contributed by atoms with Crippen molar-refractivity contribution in [2.24, 2.45) is 5.92 Å². The first-order chi connectivity index (χ1) is 15.0. The Labute approximate surface area is 180 Å². The average molecular weight is 423 g/mol. The standard InChI is InChI=1S/C23H27FN6O/c1-15-7-10-28(14-15)23(31)26-19-13-25-30-11-8-21(27-22(19)30)29-9-3-4-20(29)18-12-17(24)6-5-16(18)2/h5-6,8,11-13,15,20H,3-4,7,9-10,14H2,1-2H3,(H,26,31)/t15-,20+/m0/s1. The van der Waals surface area contributed by atoms with Gasteiger partial charge in [-0.05, 0) is 61.4 Å². The Bertz CT molecular complexity index is 1130. The van der Waals surface area contributed by atoms with Gasteiger partial charge in [-0.2, -0.15) is 5.10 Å². The van der Waals surface area contributed by atoms with Gasteiger partial charge in [-0.1, -0.05) is 13.0 Å². The minimum atomic E-state index is -0.215. The van der Waals surface area contributed by atoms with E-state index in [-0.39, 0.29) is 17.9 Å². The van der Waals surface area contributed by atoms with E-state index in [1.807, 2.05) is 30.2 Å². The number of fused-ring (bicyclic) bond motifs is 1. The van der Waals surface area contributed by atoms with Crippen LogP contribution in [0.15, 0.2) is 36.7 Å². The molecule has 2 atom stereocenters. The summed E-state index contributed by atoms with van der Waals surface area (Å²) < 4.78 is 15.6.